The van der Waals surface area contributed by atoms with E-state index in [1.54, 1.807) is 23.4 Å². The Kier molecular flexibility index (Phi) is 7.44. The molecule has 0 aliphatic heterocycles. The number of rotatable bonds is 5. The van der Waals surface area contributed by atoms with E-state index in [9.17, 15) is 4.79 Å². The predicted octanol–water partition coefficient (Wildman–Crippen LogP) is 1.95. The molecule has 3 aromatic rings. The van der Waals surface area contributed by atoms with E-state index in [1.165, 1.54) is 0 Å². The van der Waals surface area contributed by atoms with Gasteiger partial charge in [-0.15, -0.1) is 24.8 Å². The Morgan fingerprint density at radius 1 is 1.33 bits per heavy atom. The summed E-state index contributed by atoms with van der Waals surface area (Å²) in [5.74, 6) is -0.243. The Bertz CT molecular complexity index is 745. The van der Waals surface area contributed by atoms with Crippen LogP contribution in [0.5, 0.6) is 0 Å². The van der Waals surface area contributed by atoms with E-state index in [0.717, 1.165) is 11.4 Å². The average molecular weight is 369 g/mol. The lowest BCUT2D eigenvalue weighted by atomic mass is 10.1. The molecule has 24 heavy (non-hydrogen) atoms. The summed E-state index contributed by atoms with van der Waals surface area (Å²) in [6.07, 6.45) is 7.17. The summed E-state index contributed by atoms with van der Waals surface area (Å²) >= 11 is 0. The molecule has 0 unspecified atom stereocenters. The Balaban J connectivity index is 0.00000144. The van der Waals surface area contributed by atoms with Crippen LogP contribution in [0.1, 0.15) is 5.69 Å². The Morgan fingerprint density at radius 3 is 2.83 bits per heavy atom. The van der Waals surface area contributed by atoms with Crippen LogP contribution in [-0.4, -0.2) is 31.7 Å². The number of carbonyl (C=O) groups excluding carboxylic acids is 1. The highest BCUT2D eigenvalue weighted by Gasteiger charge is 2.15. The van der Waals surface area contributed by atoms with Crippen molar-refractivity contribution in [3.8, 4) is 5.69 Å². The van der Waals surface area contributed by atoms with Gasteiger partial charge in [-0.3, -0.25) is 4.79 Å². The second kappa shape index (κ2) is 9.07. The van der Waals surface area contributed by atoms with Gasteiger partial charge < -0.3 is 16.0 Å². The van der Waals surface area contributed by atoms with Gasteiger partial charge in [-0.05, 0) is 24.3 Å². The van der Waals surface area contributed by atoms with Crippen molar-refractivity contribution in [2.75, 3.05) is 5.32 Å². The van der Waals surface area contributed by atoms with Crippen LogP contribution in [0.4, 0.5) is 5.69 Å². The SMILES string of the molecule is Cl.Cl.N[C@@H](Cc1cnc[nH]1)C(=O)Nc1cccc(-n2cccn2)c1. The number of carbonyl (C=O) groups is 1. The van der Waals surface area contributed by atoms with Crippen molar-refractivity contribution in [1.29, 1.82) is 0 Å². The first-order valence-corrected chi connectivity index (χ1v) is 6.86. The lowest BCUT2D eigenvalue weighted by Crippen LogP contribution is -2.37. The van der Waals surface area contributed by atoms with Gasteiger partial charge in [-0.1, -0.05) is 6.07 Å². The van der Waals surface area contributed by atoms with Gasteiger partial charge in [0.25, 0.3) is 0 Å². The number of aromatic amines is 1. The van der Waals surface area contributed by atoms with E-state index < -0.39 is 6.04 Å². The van der Waals surface area contributed by atoms with E-state index in [1.807, 2.05) is 36.5 Å². The van der Waals surface area contributed by atoms with Gasteiger partial charge >= 0.3 is 0 Å². The molecule has 1 amide bonds. The van der Waals surface area contributed by atoms with Crippen LogP contribution >= 0.6 is 24.8 Å². The molecular weight excluding hydrogens is 351 g/mol. The largest absolute Gasteiger partial charge is 0.348 e. The van der Waals surface area contributed by atoms with Crippen molar-refractivity contribution in [2.24, 2.45) is 5.73 Å². The summed E-state index contributed by atoms with van der Waals surface area (Å²) in [5.41, 5.74) is 8.28. The van der Waals surface area contributed by atoms with Gasteiger partial charge in [0.05, 0.1) is 18.1 Å². The molecule has 1 atom stereocenters. The van der Waals surface area contributed by atoms with Crippen molar-refractivity contribution in [3.05, 3.63) is 60.9 Å². The number of imidazole rings is 1. The maximum atomic E-state index is 12.1. The number of aromatic nitrogens is 4. The van der Waals surface area contributed by atoms with Gasteiger partial charge in [0.1, 0.15) is 0 Å². The molecule has 1 aromatic carbocycles. The topological polar surface area (TPSA) is 102 Å². The van der Waals surface area contributed by atoms with Crippen molar-refractivity contribution >= 4 is 36.4 Å². The van der Waals surface area contributed by atoms with Gasteiger partial charge in [0.2, 0.25) is 5.91 Å². The summed E-state index contributed by atoms with van der Waals surface area (Å²) in [5, 5.41) is 6.98. The third-order valence-electron chi connectivity index (χ3n) is 3.21. The normalized spacial score (nSPS) is 11.0. The molecule has 0 bridgehead atoms. The van der Waals surface area contributed by atoms with Gasteiger partial charge in [-0.2, -0.15) is 5.10 Å². The quantitative estimate of drug-likeness (QED) is 0.640. The number of nitrogens with zero attached hydrogens (tertiary/aromatic N) is 3. The van der Waals surface area contributed by atoms with Crippen LogP contribution in [0.25, 0.3) is 5.69 Å². The van der Waals surface area contributed by atoms with Crippen LogP contribution in [0.3, 0.4) is 0 Å². The minimum atomic E-state index is -0.645. The van der Waals surface area contributed by atoms with Crippen LogP contribution in [0.2, 0.25) is 0 Å². The zero-order chi connectivity index (χ0) is 15.4. The number of H-pyrrole nitrogens is 1. The molecule has 0 radical (unpaired) electrons. The summed E-state index contributed by atoms with van der Waals surface area (Å²) in [6.45, 7) is 0. The monoisotopic (exact) mass is 368 g/mol. The maximum absolute atomic E-state index is 12.1. The third-order valence-corrected chi connectivity index (χ3v) is 3.21. The average Bonchev–Trinajstić information content (AvgIpc) is 3.21. The molecule has 128 valence electrons. The molecule has 0 saturated heterocycles. The predicted molar refractivity (Wildman–Crippen MR) is 97.0 cm³/mol. The van der Waals surface area contributed by atoms with E-state index in [0.29, 0.717) is 12.1 Å². The van der Waals surface area contributed by atoms with Crippen molar-refractivity contribution < 1.29 is 4.79 Å². The Hall–Kier alpha value is -2.35. The molecule has 9 heteroatoms. The molecule has 7 nitrogen and oxygen atoms in total. The van der Waals surface area contributed by atoms with Crippen LogP contribution < -0.4 is 11.1 Å². The standard InChI is InChI=1S/C15H16N6O.2ClH/c16-14(8-12-9-17-10-18-12)15(22)20-11-3-1-4-13(7-11)21-6-2-5-19-21;;/h1-7,9-10,14H,8,16H2,(H,17,18)(H,20,22);2*1H/t14-;;/m0../s1. The zero-order valence-corrected chi connectivity index (χ0v) is 14.3. The van der Waals surface area contributed by atoms with Crippen molar-refractivity contribution in [3.63, 3.8) is 0 Å². The van der Waals surface area contributed by atoms with Crippen LogP contribution in [0, 0.1) is 0 Å². The molecule has 0 spiro atoms. The summed E-state index contributed by atoms with van der Waals surface area (Å²) < 4.78 is 1.72. The number of halogens is 2. The number of nitrogens with two attached hydrogens (primary N) is 1. The zero-order valence-electron chi connectivity index (χ0n) is 12.6. The number of amides is 1. The summed E-state index contributed by atoms with van der Waals surface area (Å²) in [6, 6.07) is 8.61. The molecule has 2 aromatic heterocycles. The lowest BCUT2D eigenvalue weighted by molar-refractivity contribution is -0.117. The number of benzene rings is 1. The minimum absolute atomic E-state index is 0. The minimum Gasteiger partial charge on any atom is -0.348 e. The number of anilines is 1. The maximum Gasteiger partial charge on any atom is 0.241 e. The van der Waals surface area contributed by atoms with Gasteiger partial charge in [-0.25, -0.2) is 9.67 Å². The highest BCUT2D eigenvalue weighted by Crippen LogP contribution is 2.14. The molecule has 0 fully saturated rings. The van der Waals surface area contributed by atoms with Gasteiger partial charge in [0, 0.05) is 36.4 Å². The fourth-order valence-corrected chi connectivity index (χ4v) is 2.11. The van der Waals surface area contributed by atoms with E-state index in [2.05, 4.69) is 20.4 Å². The lowest BCUT2D eigenvalue weighted by Gasteiger charge is -2.12. The Morgan fingerprint density at radius 2 is 2.17 bits per heavy atom. The van der Waals surface area contributed by atoms with E-state index >= 15 is 0 Å². The Labute approximate surface area is 151 Å². The van der Waals surface area contributed by atoms with Crippen LogP contribution in [-0.2, 0) is 11.2 Å². The number of nitrogens with one attached hydrogen (secondary N) is 2. The smallest absolute Gasteiger partial charge is 0.241 e. The van der Waals surface area contributed by atoms with Crippen molar-refractivity contribution in [2.45, 2.75) is 12.5 Å². The summed E-state index contributed by atoms with van der Waals surface area (Å²) in [4.78, 5) is 19.0. The first-order valence-electron chi connectivity index (χ1n) is 6.86. The molecule has 4 N–H and O–H groups in total. The van der Waals surface area contributed by atoms with Gasteiger partial charge in [0.15, 0.2) is 0 Å². The highest BCUT2D eigenvalue weighted by molar-refractivity contribution is 5.95. The third kappa shape index (κ3) is 4.82. The second-order valence-corrected chi connectivity index (χ2v) is 4.88. The van der Waals surface area contributed by atoms with Crippen molar-refractivity contribution in [1.82, 2.24) is 19.7 Å². The molecule has 0 aliphatic rings. The molecular formula is C15H18Cl2N6O. The second-order valence-electron chi connectivity index (χ2n) is 4.88. The molecule has 3 rings (SSSR count). The molecule has 0 saturated carbocycles. The summed E-state index contributed by atoms with van der Waals surface area (Å²) in [7, 11) is 0. The first kappa shape index (κ1) is 19.7. The fraction of sp³-hybridized carbons (Fsp3) is 0.133. The van der Waals surface area contributed by atoms with E-state index in [-0.39, 0.29) is 30.7 Å². The first-order chi connectivity index (χ1) is 10.7. The van der Waals surface area contributed by atoms with Crippen LogP contribution in [0.15, 0.2) is 55.2 Å². The highest BCUT2D eigenvalue weighted by atomic mass is 35.5. The molecule has 2 heterocycles. The molecule has 0 aliphatic carbocycles. The number of hydrogen-bond acceptors (Lipinski definition) is 4. The van der Waals surface area contributed by atoms with E-state index in [4.69, 9.17) is 5.73 Å². The number of hydrogen-bond donors (Lipinski definition) is 3. The fourth-order valence-electron chi connectivity index (χ4n) is 2.11.